The Bertz CT molecular complexity index is 431. The van der Waals surface area contributed by atoms with Crippen molar-refractivity contribution >= 4 is 0 Å². The molecule has 2 atom stereocenters. The molecule has 0 aromatic rings. The summed E-state index contributed by atoms with van der Waals surface area (Å²) in [5.41, 5.74) is 12.2. The van der Waals surface area contributed by atoms with Crippen LogP contribution < -0.4 is 0 Å². The molecule has 2 saturated carbocycles. The Balaban J connectivity index is 0.000000686. The third-order valence-electron chi connectivity index (χ3n) is 3.61. The predicted molar refractivity (Wildman–Crippen MR) is 74.8 cm³/mol. The van der Waals surface area contributed by atoms with Crippen LogP contribution in [-0.2, 0) is 0 Å². The van der Waals surface area contributed by atoms with Crippen LogP contribution in [0.3, 0.4) is 0 Å². The smallest absolute Gasteiger partial charge is 0.0303 e. The fraction of sp³-hybridized carbons (Fsp3) is 0.471. The summed E-state index contributed by atoms with van der Waals surface area (Å²) >= 11 is 0. The van der Waals surface area contributed by atoms with Crippen molar-refractivity contribution in [3.05, 3.63) is 53.6 Å². The van der Waals surface area contributed by atoms with Crippen molar-refractivity contribution in [1.29, 1.82) is 0 Å². The van der Waals surface area contributed by atoms with Crippen LogP contribution in [0, 0.1) is 11.8 Å². The lowest BCUT2D eigenvalue weighted by Gasteiger charge is -2.29. The second-order valence-corrected chi connectivity index (χ2v) is 4.36. The summed E-state index contributed by atoms with van der Waals surface area (Å²) in [6, 6.07) is 0. The first-order valence-corrected chi connectivity index (χ1v) is 6.51. The number of fused-ring (bicyclic) bond motifs is 1. The normalized spacial score (nSPS) is 26.1. The Morgan fingerprint density at radius 1 is 1.18 bits per heavy atom. The minimum Gasteiger partial charge on any atom is -0.120 e. The van der Waals surface area contributed by atoms with E-state index in [1.165, 1.54) is 24.8 Å². The minimum absolute atomic E-state index is 0.657. The largest absolute Gasteiger partial charge is 0.120 e. The van der Waals surface area contributed by atoms with Crippen LogP contribution in [0.5, 0.6) is 0 Å². The molecule has 2 rings (SSSR count). The Kier molecular flexibility index (Phi) is 5.08. The van der Waals surface area contributed by atoms with E-state index in [0.29, 0.717) is 5.92 Å². The van der Waals surface area contributed by atoms with E-state index < -0.39 is 0 Å². The van der Waals surface area contributed by atoms with Gasteiger partial charge in [-0.1, -0.05) is 44.9 Å². The van der Waals surface area contributed by atoms with Crippen molar-refractivity contribution in [2.24, 2.45) is 11.8 Å². The maximum absolute atomic E-state index is 4.19. The molecule has 0 aromatic carbocycles. The van der Waals surface area contributed by atoms with Crippen molar-refractivity contribution in [1.82, 2.24) is 0 Å². The number of hydrogen-bond acceptors (Lipinski definition) is 0. The lowest BCUT2D eigenvalue weighted by molar-refractivity contribution is 0.423. The van der Waals surface area contributed by atoms with E-state index in [4.69, 9.17) is 0 Å². The average Bonchev–Trinajstić information content (AvgIpc) is 2.81. The molecular formula is C17H22. The van der Waals surface area contributed by atoms with E-state index in [-0.39, 0.29) is 0 Å². The van der Waals surface area contributed by atoms with Crippen molar-refractivity contribution < 1.29 is 0 Å². The van der Waals surface area contributed by atoms with Crippen LogP contribution in [0.1, 0.15) is 39.5 Å². The fourth-order valence-corrected chi connectivity index (χ4v) is 2.92. The summed E-state index contributed by atoms with van der Waals surface area (Å²) in [4.78, 5) is 0. The summed E-state index contributed by atoms with van der Waals surface area (Å²) in [6.07, 6.45) is 4.99. The van der Waals surface area contributed by atoms with Gasteiger partial charge in [0.25, 0.3) is 0 Å². The molecule has 0 saturated heterocycles. The van der Waals surface area contributed by atoms with Crippen molar-refractivity contribution in [3.8, 4) is 0 Å². The highest BCUT2D eigenvalue weighted by Crippen LogP contribution is 2.48. The summed E-state index contributed by atoms with van der Waals surface area (Å²) in [5.74, 6) is 1.41. The SMILES string of the molecule is C=C=C=C1CC2CCCC2C(=C)C1=C=C.CC. The molecule has 0 heterocycles. The fourth-order valence-electron chi connectivity index (χ4n) is 2.92. The molecule has 0 aliphatic heterocycles. The summed E-state index contributed by atoms with van der Waals surface area (Å²) in [6.45, 7) is 15.5. The van der Waals surface area contributed by atoms with Gasteiger partial charge in [0.15, 0.2) is 0 Å². The Morgan fingerprint density at radius 2 is 1.88 bits per heavy atom. The maximum Gasteiger partial charge on any atom is 0.0303 e. The zero-order valence-electron chi connectivity index (χ0n) is 11.1. The van der Waals surface area contributed by atoms with Crippen LogP contribution in [0.2, 0.25) is 0 Å². The highest BCUT2D eigenvalue weighted by Gasteiger charge is 2.36. The van der Waals surface area contributed by atoms with E-state index in [1.807, 2.05) is 13.8 Å². The zero-order valence-corrected chi connectivity index (χ0v) is 11.1. The van der Waals surface area contributed by atoms with Gasteiger partial charge in [-0.15, -0.1) is 5.73 Å². The molecule has 2 unspecified atom stereocenters. The second kappa shape index (κ2) is 6.33. The van der Waals surface area contributed by atoms with Gasteiger partial charge in [-0.25, -0.2) is 0 Å². The third-order valence-corrected chi connectivity index (χ3v) is 3.61. The summed E-state index contributed by atoms with van der Waals surface area (Å²) in [5, 5.41) is 0. The standard InChI is InChI=1S/C15H16.C2H6/c1-4-7-12-10-13-8-6-9-15(13)11(3)14(12)5-2;1-2/h13,15H,1-3,6,8-10H2;1-2H3. The van der Waals surface area contributed by atoms with Gasteiger partial charge in [-0.2, -0.15) is 0 Å². The quantitative estimate of drug-likeness (QED) is 0.512. The Hall–Kier alpha value is -1.44. The van der Waals surface area contributed by atoms with E-state index in [0.717, 1.165) is 23.5 Å². The van der Waals surface area contributed by atoms with E-state index >= 15 is 0 Å². The van der Waals surface area contributed by atoms with Crippen LogP contribution in [0.15, 0.2) is 53.6 Å². The molecule has 0 amide bonds. The van der Waals surface area contributed by atoms with Gasteiger partial charge in [0.1, 0.15) is 0 Å². The van der Waals surface area contributed by atoms with Gasteiger partial charge in [-0.3, -0.25) is 0 Å². The van der Waals surface area contributed by atoms with E-state index in [2.05, 4.69) is 36.9 Å². The molecule has 90 valence electrons. The monoisotopic (exact) mass is 226 g/mol. The average molecular weight is 226 g/mol. The number of allylic oxidation sites excluding steroid dienone is 3. The highest BCUT2D eigenvalue weighted by molar-refractivity contribution is 5.49. The van der Waals surface area contributed by atoms with Gasteiger partial charge in [0.2, 0.25) is 0 Å². The maximum atomic E-state index is 4.19. The van der Waals surface area contributed by atoms with Crippen molar-refractivity contribution in [3.63, 3.8) is 0 Å². The van der Waals surface area contributed by atoms with Crippen molar-refractivity contribution in [2.45, 2.75) is 39.5 Å². The Labute approximate surface area is 105 Å². The van der Waals surface area contributed by atoms with Crippen LogP contribution >= 0.6 is 0 Å². The van der Waals surface area contributed by atoms with Crippen LogP contribution in [0.4, 0.5) is 0 Å². The molecule has 0 heteroatoms. The van der Waals surface area contributed by atoms with Crippen LogP contribution in [-0.4, -0.2) is 0 Å². The molecule has 17 heavy (non-hydrogen) atoms. The highest BCUT2D eigenvalue weighted by atomic mass is 14.4. The van der Waals surface area contributed by atoms with Gasteiger partial charge >= 0.3 is 0 Å². The molecule has 0 spiro atoms. The number of hydrogen-bond donors (Lipinski definition) is 0. The summed E-state index contributed by atoms with van der Waals surface area (Å²) < 4.78 is 0. The van der Waals surface area contributed by atoms with E-state index in [9.17, 15) is 0 Å². The second-order valence-electron chi connectivity index (χ2n) is 4.36. The first kappa shape index (κ1) is 13.6. The lowest BCUT2D eigenvalue weighted by Crippen LogP contribution is -2.19. The van der Waals surface area contributed by atoms with Crippen molar-refractivity contribution in [2.75, 3.05) is 0 Å². The molecule has 0 aromatic heterocycles. The lowest BCUT2D eigenvalue weighted by atomic mass is 9.73. The minimum atomic E-state index is 0.657. The van der Waals surface area contributed by atoms with Crippen LogP contribution in [0.25, 0.3) is 0 Å². The summed E-state index contributed by atoms with van der Waals surface area (Å²) in [7, 11) is 0. The van der Waals surface area contributed by atoms with Gasteiger partial charge < -0.3 is 0 Å². The molecule has 0 radical (unpaired) electrons. The first-order chi connectivity index (χ1) is 8.27. The molecule has 0 N–H and O–H groups in total. The first-order valence-electron chi connectivity index (χ1n) is 6.51. The van der Waals surface area contributed by atoms with E-state index in [1.54, 1.807) is 0 Å². The van der Waals surface area contributed by atoms with Gasteiger partial charge in [0.05, 0.1) is 0 Å². The molecule has 2 aliphatic rings. The molecule has 2 aliphatic carbocycles. The van der Waals surface area contributed by atoms with Gasteiger partial charge in [-0.05, 0) is 43.3 Å². The number of rotatable bonds is 0. The van der Waals surface area contributed by atoms with Gasteiger partial charge in [0, 0.05) is 11.1 Å². The molecule has 0 nitrogen and oxygen atoms in total. The third kappa shape index (κ3) is 2.63. The molecular weight excluding hydrogens is 204 g/mol. The Morgan fingerprint density at radius 3 is 2.47 bits per heavy atom. The molecule has 2 fully saturated rings. The predicted octanol–water partition coefficient (Wildman–Crippen LogP) is 4.97. The topological polar surface area (TPSA) is 0 Å². The zero-order chi connectivity index (χ0) is 12.8. The molecule has 0 bridgehead atoms.